The Morgan fingerprint density at radius 1 is 1.05 bits per heavy atom. The summed E-state index contributed by atoms with van der Waals surface area (Å²) in [5, 5.41) is 5.40. The van der Waals surface area contributed by atoms with Gasteiger partial charge in [0.1, 0.15) is 0 Å². The van der Waals surface area contributed by atoms with E-state index in [1.54, 1.807) is 12.3 Å². The van der Waals surface area contributed by atoms with E-state index in [0.29, 0.717) is 5.56 Å². The topological polar surface area (TPSA) is 29.1 Å². The number of carbonyl (C=O) groups excluding carboxylic acids is 1. The summed E-state index contributed by atoms with van der Waals surface area (Å²) < 4.78 is 0. The van der Waals surface area contributed by atoms with Gasteiger partial charge in [-0.15, -0.1) is 0 Å². The van der Waals surface area contributed by atoms with E-state index in [1.807, 2.05) is 42.5 Å². The summed E-state index contributed by atoms with van der Waals surface area (Å²) >= 11 is 0. The SMILES string of the molecule is CC(C)(C)N/C=C/C(=O)c1ccc2ccccc2c1. The Labute approximate surface area is 114 Å². The van der Waals surface area contributed by atoms with Crippen molar-refractivity contribution in [1.29, 1.82) is 0 Å². The van der Waals surface area contributed by atoms with Crippen molar-refractivity contribution < 1.29 is 4.79 Å². The molecule has 0 atom stereocenters. The molecule has 2 heteroatoms. The standard InChI is InChI=1S/C17H19NO/c1-17(2,3)18-11-10-16(19)15-9-8-13-6-4-5-7-14(13)12-15/h4-12,18H,1-3H3/b11-10+. The molecule has 0 aliphatic carbocycles. The molecule has 2 rings (SSSR count). The van der Waals surface area contributed by atoms with Crippen molar-refractivity contribution in [2.24, 2.45) is 0 Å². The van der Waals surface area contributed by atoms with E-state index in [9.17, 15) is 4.79 Å². The van der Waals surface area contributed by atoms with Gasteiger partial charge in [-0.05, 0) is 37.6 Å². The number of benzene rings is 2. The van der Waals surface area contributed by atoms with E-state index in [2.05, 4.69) is 26.1 Å². The summed E-state index contributed by atoms with van der Waals surface area (Å²) in [5.74, 6) is 0.0162. The van der Waals surface area contributed by atoms with Crippen molar-refractivity contribution in [2.45, 2.75) is 26.3 Å². The van der Waals surface area contributed by atoms with Crippen LogP contribution in [0.25, 0.3) is 10.8 Å². The van der Waals surface area contributed by atoms with Crippen molar-refractivity contribution in [2.75, 3.05) is 0 Å². The highest BCUT2D eigenvalue weighted by Gasteiger charge is 2.06. The third-order valence-corrected chi connectivity index (χ3v) is 2.79. The summed E-state index contributed by atoms with van der Waals surface area (Å²) in [5.41, 5.74) is 0.686. The Kier molecular flexibility index (Phi) is 3.70. The minimum atomic E-state index is -0.0276. The van der Waals surface area contributed by atoms with Gasteiger partial charge in [-0.1, -0.05) is 36.4 Å². The molecule has 2 aromatic rings. The molecule has 0 saturated carbocycles. The van der Waals surface area contributed by atoms with Crippen LogP contribution in [0, 0.1) is 0 Å². The lowest BCUT2D eigenvalue weighted by Gasteiger charge is -2.18. The Bertz CT molecular complexity index is 620. The fourth-order valence-corrected chi connectivity index (χ4v) is 1.81. The van der Waals surface area contributed by atoms with E-state index in [4.69, 9.17) is 0 Å². The summed E-state index contributed by atoms with van der Waals surface area (Å²) in [4.78, 5) is 12.0. The maximum atomic E-state index is 12.0. The fourth-order valence-electron chi connectivity index (χ4n) is 1.81. The average molecular weight is 253 g/mol. The van der Waals surface area contributed by atoms with E-state index >= 15 is 0 Å². The summed E-state index contributed by atoms with van der Waals surface area (Å²) in [6.45, 7) is 6.16. The minimum Gasteiger partial charge on any atom is -0.386 e. The van der Waals surface area contributed by atoms with E-state index < -0.39 is 0 Å². The first-order valence-corrected chi connectivity index (χ1v) is 6.43. The van der Waals surface area contributed by atoms with Gasteiger partial charge in [-0.25, -0.2) is 0 Å². The summed E-state index contributed by atoms with van der Waals surface area (Å²) in [6.07, 6.45) is 3.30. The predicted octanol–water partition coefficient (Wildman–Crippen LogP) is 3.92. The number of nitrogens with one attached hydrogen (secondary N) is 1. The van der Waals surface area contributed by atoms with Gasteiger partial charge in [-0.2, -0.15) is 0 Å². The molecule has 0 aliphatic heterocycles. The average Bonchev–Trinajstić information content (AvgIpc) is 2.36. The number of hydrogen-bond acceptors (Lipinski definition) is 2. The zero-order valence-electron chi connectivity index (χ0n) is 11.6. The first-order chi connectivity index (χ1) is 8.96. The van der Waals surface area contributed by atoms with Crippen molar-refractivity contribution in [3.63, 3.8) is 0 Å². The quantitative estimate of drug-likeness (QED) is 0.663. The Balaban J connectivity index is 2.17. The molecule has 0 bridgehead atoms. The van der Waals surface area contributed by atoms with Crippen LogP contribution in [-0.4, -0.2) is 11.3 Å². The normalized spacial score (nSPS) is 11.9. The molecule has 0 aromatic heterocycles. The first kappa shape index (κ1) is 13.3. The smallest absolute Gasteiger partial charge is 0.187 e. The van der Waals surface area contributed by atoms with Crippen LogP contribution in [0.5, 0.6) is 0 Å². The van der Waals surface area contributed by atoms with Crippen LogP contribution in [-0.2, 0) is 0 Å². The molecule has 0 spiro atoms. The molecular formula is C17H19NO. The lowest BCUT2D eigenvalue weighted by molar-refractivity contribution is 0.104. The summed E-state index contributed by atoms with van der Waals surface area (Å²) in [7, 11) is 0. The number of ketones is 1. The second kappa shape index (κ2) is 5.27. The van der Waals surface area contributed by atoms with E-state index in [0.717, 1.165) is 10.8 Å². The number of allylic oxidation sites excluding steroid dienone is 1. The van der Waals surface area contributed by atoms with Gasteiger partial charge in [0.05, 0.1) is 0 Å². The van der Waals surface area contributed by atoms with Gasteiger partial charge in [0.2, 0.25) is 0 Å². The third-order valence-electron chi connectivity index (χ3n) is 2.79. The van der Waals surface area contributed by atoms with Crippen LogP contribution in [0.4, 0.5) is 0 Å². The first-order valence-electron chi connectivity index (χ1n) is 6.43. The minimum absolute atomic E-state index is 0.0162. The molecule has 0 aliphatic rings. The number of rotatable bonds is 3. The molecule has 0 heterocycles. The molecular weight excluding hydrogens is 234 g/mol. The van der Waals surface area contributed by atoms with E-state index in [1.165, 1.54) is 0 Å². The Hall–Kier alpha value is -2.09. The van der Waals surface area contributed by atoms with Gasteiger partial charge in [-0.3, -0.25) is 4.79 Å². The highest BCUT2D eigenvalue weighted by Crippen LogP contribution is 2.16. The van der Waals surface area contributed by atoms with Crippen molar-refractivity contribution in [1.82, 2.24) is 5.32 Å². The zero-order valence-corrected chi connectivity index (χ0v) is 11.6. The van der Waals surface area contributed by atoms with Gasteiger partial charge >= 0.3 is 0 Å². The highest BCUT2D eigenvalue weighted by molar-refractivity contribution is 6.06. The van der Waals surface area contributed by atoms with Crippen LogP contribution in [0.2, 0.25) is 0 Å². The predicted molar refractivity (Wildman–Crippen MR) is 80.3 cm³/mol. The molecule has 2 aromatic carbocycles. The van der Waals surface area contributed by atoms with Crippen LogP contribution in [0.1, 0.15) is 31.1 Å². The molecule has 0 unspecified atom stereocenters. The molecule has 0 radical (unpaired) electrons. The van der Waals surface area contributed by atoms with E-state index in [-0.39, 0.29) is 11.3 Å². The van der Waals surface area contributed by atoms with Crippen LogP contribution < -0.4 is 5.32 Å². The molecule has 19 heavy (non-hydrogen) atoms. The molecule has 0 fully saturated rings. The number of hydrogen-bond donors (Lipinski definition) is 1. The fraction of sp³-hybridized carbons (Fsp3) is 0.235. The van der Waals surface area contributed by atoms with Crippen molar-refractivity contribution >= 4 is 16.6 Å². The highest BCUT2D eigenvalue weighted by atomic mass is 16.1. The Morgan fingerprint density at radius 2 is 1.74 bits per heavy atom. The van der Waals surface area contributed by atoms with Crippen LogP contribution >= 0.6 is 0 Å². The van der Waals surface area contributed by atoms with Crippen molar-refractivity contribution in [3.8, 4) is 0 Å². The monoisotopic (exact) mass is 253 g/mol. The molecule has 2 nitrogen and oxygen atoms in total. The molecule has 0 amide bonds. The summed E-state index contributed by atoms with van der Waals surface area (Å²) in [6, 6.07) is 13.8. The molecule has 1 N–H and O–H groups in total. The van der Waals surface area contributed by atoms with Gasteiger partial charge in [0.15, 0.2) is 5.78 Å². The number of carbonyl (C=O) groups is 1. The third kappa shape index (κ3) is 3.68. The lowest BCUT2D eigenvalue weighted by atomic mass is 10.0. The zero-order chi connectivity index (χ0) is 13.9. The second-order valence-electron chi connectivity index (χ2n) is 5.65. The maximum Gasteiger partial charge on any atom is 0.187 e. The largest absolute Gasteiger partial charge is 0.386 e. The Morgan fingerprint density at radius 3 is 2.42 bits per heavy atom. The maximum absolute atomic E-state index is 12.0. The molecule has 0 saturated heterocycles. The molecule has 98 valence electrons. The van der Waals surface area contributed by atoms with Gasteiger partial charge in [0, 0.05) is 23.4 Å². The second-order valence-corrected chi connectivity index (χ2v) is 5.65. The van der Waals surface area contributed by atoms with Crippen LogP contribution in [0.3, 0.4) is 0 Å². The van der Waals surface area contributed by atoms with Crippen LogP contribution in [0.15, 0.2) is 54.7 Å². The van der Waals surface area contributed by atoms with Gasteiger partial charge < -0.3 is 5.32 Å². The van der Waals surface area contributed by atoms with Gasteiger partial charge in [0.25, 0.3) is 0 Å². The van der Waals surface area contributed by atoms with Crippen molar-refractivity contribution in [3.05, 3.63) is 60.3 Å². The number of fused-ring (bicyclic) bond motifs is 1. The lowest BCUT2D eigenvalue weighted by Crippen LogP contribution is -2.31.